The molecule has 2 heteroatoms. The van der Waals surface area contributed by atoms with Crippen molar-refractivity contribution in [2.75, 3.05) is 0 Å². The molecule has 2 rings (SSSR count). The van der Waals surface area contributed by atoms with Crippen molar-refractivity contribution in [3.63, 3.8) is 0 Å². The van der Waals surface area contributed by atoms with Gasteiger partial charge in [-0.15, -0.1) is 0 Å². The predicted octanol–water partition coefficient (Wildman–Crippen LogP) is 3.84. The lowest BCUT2D eigenvalue weighted by atomic mass is 9.99. The average molecular weight is 240 g/mol. The van der Waals surface area contributed by atoms with Gasteiger partial charge in [-0.05, 0) is 46.3 Å². The molecule has 0 bridgehead atoms. The molecule has 1 aliphatic rings. The molecule has 1 saturated carbocycles. The molecule has 1 nitrogen and oxygen atoms in total. The van der Waals surface area contributed by atoms with Gasteiger partial charge in [-0.1, -0.05) is 19.9 Å². The summed E-state index contributed by atoms with van der Waals surface area (Å²) in [4.78, 5) is 4.57. The van der Waals surface area contributed by atoms with E-state index in [0.717, 1.165) is 10.5 Å². The minimum atomic E-state index is 0.594. The Morgan fingerprint density at radius 3 is 2.62 bits per heavy atom. The van der Waals surface area contributed by atoms with Crippen LogP contribution in [0, 0.1) is 0 Å². The van der Waals surface area contributed by atoms with E-state index in [1.807, 2.05) is 6.07 Å². The molecular weight excluding hydrogens is 226 g/mol. The average Bonchev–Trinajstić information content (AvgIpc) is 2.85. The molecule has 0 aromatic carbocycles. The maximum Gasteiger partial charge on any atom is 0.106 e. The summed E-state index contributed by atoms with van der Waals surface area (Å²) in [7, 11) is 0. The zero-order valence-corrected chi connectivity index (χ0v) is 9.63. The standard InChI is InChI=1S/C11H14BrN/c1-7(2)9-5-6-10(12)13-11(9)8-3-4-8/h5-8H,3-4H2,1-2H3. The monoisotopic (exact) mass is 239 g/mol. The molecule has 0 aliphatic heterocycles. The van der Waals surface area contributed by atoms with E-state index in [0.29, 0.717) is 5.92 Å². The number of nitrogens with zero attached hydrogens (tertiary/aromatic N) is 1. The summed E-state index contributed by atoms with van der Waals surface area (Å²) in [5.41, 5.74) is 2.75. The summed E-state index contributed by atoms with van der Waals surface area (Å²) >= 11 is 3.43. The van der Waals surface area contributed by atoms with Crippen LogP contribution in [0.2, 0.25) is 0 Å². The van der Waals surface area contributed by atoms with Crippen molar-refractivity contribution in [1.29, 1.82) is 0 Å². The van der Waals surface area contributed by atoms with E-state index in [-0.39, 0.29) is 0 Å². The molecule has 0 radical (unpaired) electrons. The first-order valence-corrected chi connectivity index (χ1v) is 5.64. The van der Waals surface area contributed by atoms with Gasteiger partial charge < -0.3 is 0 Å². The van der Waals surface area contributed by atoms with Crippen molar-refractivity contribution in [1.82, 2.24) is 4.98 Å². The number of aromatic nitrogens is 1. The summed E-state index contributed by atoms with van der Waals surface area (Å²) in [5.74, 6) is 1.34. The number of halogens is 1. The fourth-order valence-corrected chi connectivity index (χ4v) is 1.96. The lowest BCUT2D eigenvalue weighted by molar-refractivity contribution is 0.817. The fourth-order valence-electron chi connectivity index (χ4n) is 1.63. The van der Waals surface area contributed by atoms with Gasteiger partial charge >= 0.3 is 0 Å². The van der Waals surface area contributed by atoms with Crippen LogP contribution in [0.1, 0.15) is 49.8 Å². The van der Waals surface area contributed by atoms with E-state index in [4.69, 9.17) is 0 Å². The van der Waals surface area contributed by atoms with Crippen LogP contribution >= 0.6 is 15.9 Å². The lowest BCUT2D eigenvalue weighted by Crippen LogP contribution is -1.98. The van der Waals surface area contributed by atoms with Gasteiger partial charge in [0, 0.05) is 11.6 Å². The molecule has 0 spiro atoms. The molecule has 0 unspecified atom stereocenters. The first-order valence-electron chi connectivity index (χ1n) is 4.85. The third-order valence-corrected chi connectivity index (χ3v) is 2.95. The zero-order valence-electron chi connectivity index (χ0n) is 8.05. The van der Waals surface area contributed by atoms with E-state index >= 15 is 0 Å². The van der Waals surface area contributed by atoms with Crippen molar-refractivity contribution in [2.24, 2.45) is 0 Å². The Morgan fingerprint density at radius 2 is 2.08 bits per heavy atom. The van der Waals surface area contributed by atoms with E-state index in [2.05, 4.69) is 40.8 Å². The van der Waals surface area contributed by atoms with E-state index < -0.39 is 0 Å². The molecule has 0 amide bonds. The predicted molar refractivity (Wildman–Crippen MR) is 58.0 cm³/mol. The van der Waals surface area contributed by atoms with Crippen molar-refractivity contribution >= 4 is 15.9 Å². The van der Waals surface area contributed by atoms with Crippen LogP contribution in [-0.4, -0.2) is 4.98 Å². The van der Waals surface area contributed by atoms with Crippen LogP contribution in [0.15, 0.2) is 16.7 Å². The van der Waals surface area contributed by atoms with Crippen molar-refractivity contribution < 1.29 is 0 Å². The smallest absolute Gasteiger partial charge is 0.106 e. The molecule has 0 atom stereocenters. The van der Waals surface area contributed by atoms with Gasteiger partial charge in [0.15, 0.2) is 0 Å². The first-order chi connectivity index (χ1) is 6.18. The van der Waals surface area contributed by atoms with E-state index in [1.165, 1.54) is 24.1 Å². The highest BCUT2D eigenvalue weighted by Crippen LogP contribution is 2.42. The summed E-state index contributed by atoms with van der Waals surface area (Å²) < 4.78 is 0.971. The Morgan fingerprint density at radius 1 is 1.38 bits per heavy atom. The molecule has 1 fully saturated rings. The normalized spacial score (nSPS) is 16.6. The van der Waals surface area contributed by atoms with Crippen LogP contribution in [0.25, 0.3) is 0 Å². The number of pyridine rings is 1. The van der Waals surface area contributed by atoms with Crippen molar-refractivity contribution in [3.05, 3.63) is 28.0 Å². The zero-order chi connectivity index (χ0) is 9.42. The van der Waals surface area contributed by atoms with Gasteiger partial charge in [-0.25, -0.2) is 4.98 Å². The first kappa shape index (κ1) is 9.20. The second-order valence-corrected chi connectivity index (χ2v) is 4.85. The topological polar surface area (TPSA) is 12.9 Å². The Kier molecular flexibility index (Phi) is 2.41. The minimum Gasteiger partial charge on any atom is -0.245 e. The highest BCUT2D eigenvalue weighted by atomic mass is 79.9. The Labute approximate surface area is 87.7 Å². The molecule has 0 saturated heterocycles. The van der Waals surface area contributed by atoms with Gasteiger partial charge in [0.1, 0.15) is 4.60 Å². The Hall–Kier alpha value is -0.370. The molecule has 0 N–H and O–H groups in total. The van der Waals surface area contributed by atoms with Crippen LogP contribution < -0.4 is 0 Å². The Bertz CT molecular complexity index is 316. The summed E-state index contributed by atoms with van der Waals surface area (Å²) in [6.45, 7) is 4.47. The molecule has 13 heavy (non-hydrogen) atoms. The lowest BCUT2D eigenvalue weighted by Gasteiger charge is -2.11. The highest BCUT2D eigenvalue weighted by molar-refractivity contribution is 9.10. The van der Waals surface area contributed by atoms with Gasteiger partial charge in [0.2, 0.25) is 0 Å². The van der Waals surface area contributed by atoms with Crippen molar-refractivity contribution in [3.8, 4) is 0 Å². The molecule has 70 valence electrons. The number of rotatable bonds is 2. The Balaban J connectivity index is 2.42. The van der Waals surface area contributed by atoms with Crippen LogP contribution in [-0.2, 0) is 0 Å². The number of hydrogen-bond donors (Lipinski definition) is 0. The highest BCUT2D eigenvalue weighted by Gasteiger charge is 2.28. The molecule has 1 heterocycles. The quantitative estimate of drug-likeness (QED) is 0.715. The van der Waals surface area contributed by atoms with Crippen LogP contribution in [0.5, 0.6) is 0 Å². The second-order valence-electron chi connectivity index (χ2n) is 4.04. The number of hydrogen-bond acceptors (Lipinski definition) is 1. The van der Waals surface area contributed by atoms with Crippen LogP contribution in [0.3, 0.4) is 0 Å². The second kappa shape index (κ2) is 3.41. The third-order valence-electron chi connectivity index (χ3n) is 2.51. The molecular formula is C11H14BrN. The molecule has 1 aromatic rings. The maximum atomic E-state index is 4.57. The summed E-state index contributed by atoms with van der Waals surface area (Å²) in [5, 5.41) is 0. The molecule has 1 aromatic heterocycles. The van der Waals surface area contributed by atoms with Crippen LogP contribution in [0.4, 0.5) is 0 Å². The fraction of sp³-hybridized carbons (Fsp3) is 0.545. The molecule has 1 aliphatic carbocycles. The summed E-state index contributed by atoms with van der Waals surface area (Å²) in [6, 6.07) is 4.25. The maximum absolute atomic E-state index is 4.57. The van der Waals surface area contributed by atoms with Gasteiger partial charge in [-0.3, -0.25) is 0 Å². The minimum absolute atomic E-state index is 0.594. The SMILES string of the molecule is CC(C)c1ccc(Br)nc1C1CC1. The van der Waals surface area contributed by atoms with E-state index in [1.54, 1.807) is 0 Å². The summed E-state index contributed by atoms with van der Waals surface area (Å²) in [6.07, 6.45) is 2.65. The van der Waals surface area contributed by atoms with E-state index in [9.17, 15) is 0 Å². The largest absolute Gasteiger partial charge is 0.245 e. The van der Waals surface area contributed by atoms with Gasteiger partial charge in [0.05, 0.1) is 0 Å². The van der Waals surface area contributed by atoms with Gasteiger partial charge in [-0.2, -0.15) is 0 Å². The van der Waals surface area contributed by atoms with Gasteiger partial charge in [0.25, 0.3) is 0 Å². The van der Waals surface area contributed by atoms with Crippen molar-refractivity contribution in [2.45, 2.75) is 38.5 Å². The third kappa shape index (κ3) is 1.93.